The molecule has 172 valence electrons. The molecular weight excluding hydrogens is 432 g/mol. The van der Waals surface area contributed by atoms with Gasteiger partial charge in [-0.05, 0) is 40.5 Å². The molecule has 0 unspecified atom stereocenters. The zero-order valence-electron chi connectivity index (χ0n) is 18.4. The van der Waals surface area contributed by atoms with Gasteiger partial charge in [-0.15, -0.1) is 0 Å². The van der Waals surface area contributed by atoms with Crippen LogP contribution < -0.4 is 5.32 Å². The normalized spacial score (nSPS) is 14.6. The molecular formula is C27H24N2O5. The molecule has 2 amide bonds. The van der Waals surface area contributed by atoms with Gasteiger partial charge in [0.1, 0.15) is 6.61 Å². The number of hydrogen-bond acceptors (Lipinski definition) is 4. The molecule has 1 aliphatic heterocycles. The highest BCUT2D eigenvalue weighted by Crippen LogP contribution is 2.44. The highest BCUT2D eigenvalue weighted by atomic mass is 16.5. The van der Waals surface area contributed by atoms with Crippen molar-refractivity contribution in [2.75, 3.05) is 25.0 Å². The van der Waals surface area contributed by atoms with Crippen LogP contribution in [0.15, 0.2) is 72.8 Å². The minimum absolute atomic E-state index is 0.0106. The molecule has 5 rings (SSSR count). The largest absolute Gasteiger partial charge is 0.481 e. The van der Waals surface area contributed by atoms with Crippen LogP contribution in [0.25, 0.3) is 11.1 Å². The lowest BCUT2D eigenvalue weighted by atomic mass is 9.95. The first-order valence-electron chi connectivity index (χ1n) is 11.2. The molecule has 2 aliphatic rings. The Morgan fingerprint density at radius 1 is 0.912 bits per heavy atom. The maximum absolute atomic E-state index is 12.7. The summed E-state index contributed by atoms with van der Waals surface area (Å²) >= 11 is 0. The van der Waals surface area contributed by atoms with Crippen molar-refractivity contribution in [3.8, 4) is 11.1 Å². The van der Waals surface area contributed by atoms with Gasteiger partial charge in [0.05, 0.1) is 6.42 Å². The summed E-state index contributed by atoms with van der Waals surface area (Å²) in [5.74, 6) is -1.08. The molecule has 0 bridgehead atoms. The van der Waals surface area contributed by atoms with Gasteiger partial charge in [0, 0.05) is 36.2 Å². The SMILES string of the molecule is O=C(O)CC1CN(C(=O)c2cccc(NC(=O)OCC3c4ccccc4-c4ccccc43)c2)C1. The summed E-state index contributed by atoms with van der Waals surface area (Å²) in [5, 5.41) is 11.6. The first-order chi connectivity index (χ1) is 16.5. The molecule has 0 atom stereocenters. The maximum atomic E-state index is 12.7. The number of fused-ring (bicyclic) bond motifs is 3. The van der Waals surface area contributed by atoms with Crippen molar-refractivity contribution >= 4 is 23.7 Å². The van der Waals surface area contributed by atoms with Crippen LogP contribution in [0, 0.1) is 5.92 Å². The van der Waals surface area contributed by atoms with Crippen LogP contribution >= 0.6 is 0 Å². The van der Waals surface area contributed by atoms with Crippen molar-refractivity contribution in [2.24, 2.45) is 5.92 Å². The number of rotatable bonds is 6. The van der Waals surface area contributed by atoms with Gasteiger partial charge in [0.15, 0.2) is 0 Å². The van der Waals surface area contributed by atoms with Gasteiger partial charge in [0.2, 0.25) is 0 Å². The third-order valence-corrected chi connectivity index (χ3v) is 6.41. The molecule has 1 aliphatic carbocycles. The van der Waals surface area contributed by atoms with Gasteiger partial charge in [-0.25, -0.2) is 4.79 Å². The Hall–Kier alpha value is -4.13. The molecule has 2 N–H and O–H groups in total. The zero-order chi connectivity index (χ0) is 23.7. The molecule has 3 aromatic carbocycles. The van der Waals surface area contributed by atoms with Crippen LogP contribution in [0.2, 0.25) is 0 Å². The number of benzene rings is 3. The second-order valence-corrected chi connectivity index (χ2v) is 8.71. The summed E-state index contributed by atoms with van der Waals surface area (Å²) in [4.78, 5) is 37.6. The van der Waals surface area contributed by atoms with Crippen LogP contribution in [0.1, 0.15) is 33.8 Å². The van der Waals surface area contributed by atoms with Crippen molar-refractivity contribution in [1.29, 1.82) is 0 Å². The third-order valence-electron chi connectivity index (χ3n) is 6.41. The predicted octanol–water partition coefficient (Wildman–Crippen LogP) is 4.59. The molecule has 0 spiro atoms. The Morgan fingerprint density at radius 3 is 2.21 bits per heavy atom. The number of anilines is 1. The Bertz CT molecular complexity index is 1220. The third kappa shape index (κ3) is 4.24. The number of carbonyl (C=O) groups excluding carboxylic acids is 2. The molecule has 3 aromatic rings. The average molecular weight is 456 g/mol. The molecule has 0 radical (unpaired) electrons. The summed E-state index contributed by atoms with van der Waals surface area (Å²) in [6.45, 7) is 1.06. The molecule has 0 saturated carbocycles. The van der Waals surface area contributed by atoms with Crippen molar-refractivity contribution in [3.05, 3.63) is 89.5 Å². The Morgan fingerprint density at radius 2 is 1.56 bits per heavy atom. The highest BCUT2D eigenvalue weighted by molar-refractivity contribution is 5.96. The van der Waals surface area contributed by atoms with Crippen LogP contribution in [-0.2, 0) is 9.53 Å². The van der Waals surface area contributed by atoms with E-state index in [0.29, 0.717) is 24.3 Å². The summed E-state index contributed by atoms with van der Waals surface area (Å²) in [5.41, 5.74) is 5.50. The fourth-order valence-electron chi connectivity index (χ4n) is 4.78. The Balaban J connectivity index is 1.20. The smallest absolute Gasteiger partial charge is 0.411 e. The molecule has 7 nitrogen and oxygen atoms in total. The fourth-order valence-corrected chi connectivity index (χ4v) is 4.78. The molecule has 7 heteroatoms. The van der Waals surface area contributed by atoms with E-state index in [1.807, 2.05) is 24.3 Å². The lowest BCUT2D eigenvalue weighted by Crippen LogP contribution is -2.50. The monoisotopic (exact) mass is 456 g/mol. The van der Waals surface area contributed by atoms with Crippen molar-refractivity contribution in [3.63, 3.8) is 0 Å². The van der Waals surface area contributed by atoms with E-state index in [9.17, 15) is 14.4 Å². The van der Waals surface area contributed by atoms with E-state index >= 15 is 0 Å². The van der Waals surface area contributed by atoms with Crippen molar-refractivity contribution in [1.82, 2.24) is 4.90 Å². The second kappa shape index (κ2) is 9.02. The second-order valence-electron chi connectivity index (χ2n) is 8.71. The number of carboxylic acids is 1. The van der Waals surface area contributed by atoms with Gasteiger partial charge in [0.25, 0.3) is 5.91 Å². The zero-order valence-corrected chi connectivity index (χ0v) is 18.4. The highest BCUT2D eigenvalue weighted by Gasteiger charge is 2.33. The van der Waals surface area contributed by atoms with Gasteiger partial charge in [-0.2, -0.15) is 0 Å². The molecule has 1 fully saturated rings. The van der Waals surface area contributed by atoms with Gasteiger partial charge in [-0.1, -0.05) is 54.6 Å². The summed E-state index contributed by atoms with van der Waals surface area (Å²) < 4.78 is 5.57. The predicted molar refractivity (Wildman–Crippen MR) is 127 cm³/mol. The van der Waals surface area contributed by atoms with E-state index in [-0.39, 0.29) is 30.8 Å². The van der Waals surface area contributed by atoms with E-state index in [1.54, 1.807) is 29.2 Å². The number of amides is 2. The van der Waals surface area contributed by atoms with E-state index < -0.39 is 12.1 Å². The molecule has 1 saturated heterocycles. The van der Waals surface area contributed by atoms with E-state index in [4.69, 9.17) is 9.84 Å². The van der Waals surface area contributed by atoms with Gasteiger partial charge < -0.3 is 14.7 Å². The van der Waals surface area contributed by atoms with Crippen LogP contribution in [0.3, 0.4) is 0 Å². The number of nitrogens with zero attached hydrogens (tertiary/aromatic N) is 1. The minimum atomic E-state index is -0.855. The van der Waals surface area contributed by atoms with Crippen LogP contribution in [0.5, 0.6) is 0 Å². The van der Waals surface area contributed by atoms with Crippen LogP contribution in [-0.4, -0.2) is 47.7 Å². The minimum Gasteiger partial charge on any atom is -0.481 e. The van der Waals surface area contributed by atoms with Gasteiger partial charge >= 0.3 is 12.1 Å². The average Bonchev–Trinajstić information content (AvgIpc) is 3.13. The maximum Gasteiger partial charge on any atom is 0.411 e. The summed E-state index contributed by atoms with van der Waals surface area (Å²) in [6, 6.07) is 23.0. The lowest BCUT2D eigenvalue weighted by Gasteiger charge is -2.38. The Kier molecular flexibility index (Phi) is 5.76. The first kappa shape index (κ1) is 21.7. The standard InChI is InChI=1S/C27H24N2O5/c30-25(31)12-17-14-29(15-17)26(32)18-6-5-7-19(13-18)28-27(33)34-16-24-22-10-3-1-8-20(22)21-9-2-4-11-23(21)24/h1-11,13,17,24H,12,14-16H2,(H,28,33)(H,30,31). The van der Waals surface area contributed by atoms with E-state index in [0.717, 1.165) is 22.3 Å². The molecule has 34 heavy (non-hydrogen) atoms. The number of ether oxygens (including phenoxy) is 1. The number of carboxylic acid groups (broad SMARTS) is 1. The number of nitrogens with one attached hydrogen (secondary N) is 1. The quantitative estimate of drug-likeness (QED) is 0.565. The van der Waals surface area contributed by atoms with Crippen molar-refractivity contribution in [2.45, 2.75) is 12.3 Å². The van der Waals surface area contributed by atoms with Crippen LogP contribution in [0.4, 0.5) is 10.5 Å². The summed E-state index contributed by atoms with van der Waals surface area (Å²) in [6.07, 6.45) is -0.524. The van der Waals surface area contributed by atoms with E-state index in [2.05, 4.69) is 29.6 Å². The molecule has 0 aromatic heterocycles. The van der Waals surface area contributed by atoms with Gasteiger partial charge in [-0.3, -0.25) is 14.9 Å². The van der Waals surface area contributed by atoms with Crippen molar-refractivity contribution < 1.29 is 24.2 Å². The number of hydrogen-bond donors (Lipinski definition) is 2. The number of aliphatic carboxylic acids is 1. The number of likely N-dealkylation sites (tertiary alicyclic amines) is 1. The number of carbonyl (C=O) groups is 3. The lowest BCUT2D eigenvalue weighted by molar-refractivity contribution is -0.139. The topological polar surface area (TPSA) is 95.9 Å². The molecule has 1 heterocycles. The Labute approximate surface area is 197 Å². The van der Waals surface area contributed by atoms with E-state index in [1.165, 1.54) is 0 Å². The fraction of sp³-hybridized carbons (Fsp3) is 0.222. The first-order valence-corrected chi connectivity index (χ1v) is 11.2. The summed E-state index contributed by atoms with van der Waals surface area (Å²) in [7, 11) is 0.